The number of nitrogens with one attached hydrogen (secondary N) is 2. The molecular formula is C26H30ClN3O4. The second-order valence-corrected chi connectivity index (χ2v) is 10.5. The van der Waals surface area contributed by atoms with Crippen molar-refractivity contribution in [3.8, 4) is 0 Å². The molecule has 0 bridgehead atoms. The number of nitrogens with zero attached hydrogens (tertiary/aromatic N) is 1. The molecule has 180 valence electrons. The fourth-order valence-corrected chi connectivity index (χ4v) is 4.98. The van der Waals surface area contributed by atoms with Crippen LogP contribution in [0.25, 0.3) is 0 Å². The Labute approximate surface area is 204 Å². The van der Waals surface area contributed by atoms with Crippen molar-refractivity contribution >= 4 is 35.2 Å². The van der Waals surface area contributed by atoms with Gasteiger partial charge in [0.1, 0.15) is 11.6 Å². The summed E-state index contributed by atoms with van der Waals surface area (Å²) in [6.07, 6.45) is 0.632. The normalized spacial score (nSPS) is 20.5. The molecule has 34 heavy (non-hydrogen) atoms. The van der Waals surface area contributed by atoms with Crippen molar-refractivity contribution in [2.24, 2.45) is 0 Å². The van der Waals surface area contributed by atoms with Gasteiger partial charge in [0.05, 0.1) is 0 Å². The van der Waals surface area contributed by atoms with E-state index in [0.717, 1.165) is 16.8 Å². The van der Waals surface area contributed by atoms with Gasteiger partial charge in [0, 0.05) is 42.1 Å². The lowest BCUT2D eigenvalue weighted by molar-refractivity contribution is -0.133. The third-order valence-electron chi connectivity index (χ3n) is 6.26. The third kappa shape index (κ3) is 5.36. The van der Waals surface area contributed by atoms with Crippen LogP contribution in [0.1, 0.15) is 44.7 Å². The zero-order chi connectivity index (χ0) is 24.5. The fourth-order valence-electron chi connectivity index (χ4n) is 4.81. The Balaban J connectivity index is 1.57. The maximum Gasteiger partial charge on any atom is 0.408 e. The van der Waals surface area contributed by atoms with E-state index >= 15 is 0 Å². The summed E-state index contributed by atoms with van der Waals surface area (Å²) >= 11 is 6.27. The Morgan fingerprint density at radius 1 is 1.21 bits per heavy atom. The van der Waals surface area contributed by atoms with Crippen LogP contribution < -0.4 is 10.6 Å². The highest BCUT2D eigenvalue weighted by atomic mass is 35.5. The van der Waals surface area contributed by atoms with Gasteiger partial charge in [0.15, 0.2) is 0 Å². The quantitative estimate of drug-likeness (QED) is 0.679. The van der Waals surface area contributed by atoms with Gasteiger partial charge in [-0.15, -0.1) is 0 Å². The molecule has 8 heteroatoms. The molecule has 1 unspecified atom stereocenters. The van der Waals surface area contributed by atoms with E-state index < -0.39 is 23.2 Å². The standard InChI is InChI=1S/C26H30ClN3O4/c1-25(2,3)34-24(33)29-21(13-17-7-5-4-6-8-17)23(32)30-12-11-26(16-30)15-22(31)28-20-10-9-18(27)14-19(20)26/h4-10,14,21H,11-13,15-16H2,1-3H3,(H,28,31)(H,29,33)/t21-,26?/m0/s1. The number of rotatable bonds is 4. The molecule has 2 aromatic rings. The van der Waals surface area contributed by atoms with Crippen molar-refractivity contribution in [3.63, 3.8) is 0 Å². The van der Waals surface area contributed by atoms with E-state index in [-0.39, 0.29) is 18.2 Å². The number of fused-ring (bicyclic) bond motifs is 2. The number of hydrogen-bond donors (Lipinski definition) is 2. The molecule has 1 spiro atoms. The molecule has 1 fully saturated rings. The van der Waals surface area contributed by atoms with Crippen molar-refractivity contribution in [1.82, 2.24) is 10.2 Å². The van der Waals surface area contributed by atoms with Crippen LogP contribution in [0.4, 0.5) is 10.5 Å². The first-order chi connectivity index (χ1) is 16.0. The summed E-state index contributed by atoms with van der Waals surface area (Å²) in [6, 6.07) is 14.2. The lowest BCUT2D eigenvalue weighted by Gasteiger charge is -2.35. The van der Waals surface area contributed by atoms with Crippen LogP contribution in [0.2, 0.25) is 5.02 Å². The maximum absolute atomic E-state index is 13.7. The summed E-state index contributed by atoms with van der Waals surface area (Å²) in [5, 5.41) is 6.28. The minimum atomic E-state index is -0.788. The number of anilines is 1. The number of carbonyl (C=O) groups is 3. The first-order valence-electron chi connectivity index (χ1n) is 11.5. The number of carbonyl (C=O) groups excluding carboxylic acids is 3. The Kier molecular flexibility index (Phi) is 6.58. The summed E-state index contributed by atoms with van der Waals surface area (Å²) in [6.45, 7) is 6.21. The first-order valence-corrected chi connectivity index (χ1v) is 11.8. The number of halogens is 1. The van der Waals surface area contributed by atoms with Crippen molar-refractivity contribution in [2.75, 3.05) is 18.4 Å². The van der Waals surface area contributed by atoms with Crippen LogP contribution in [0, 0.1) is 0 Å². The van der Waals surface area contributed by atoms with E-state index in [1.807, 2.05) is 42.5 Å². The van der Waals surface area contributed by atoms with Crippen molar-refractivity contribution in [2.45, 2.75) is 57.1 Å². The molecule has 0 saturated carbocycles. The van der Waals surface area contributed by atoms with Crippen LogP contribution in [-0.2, 0) is 26.2 Å². The SMILES string of the molecule is CC(C)(C)OC(=O)N[C@@H](Cc1ccccc1)C(=O)N1CCC2(CC(=O)Nc3ccc(Cl)cc32)C1. The molecule has 2 aromatic carbocycles. The van der Waals surface area contributed by atoms with E-state index in [9.17, 15) is 14.4 Å². The Hall–Kier alpha value is -3.06. The summed E-state index contributed by atoms with van der Waals surface area (Å²) in [5.41, 5.74) is 1.44. The number of alkyl carbamates (subject to hydrolysis) is 1. The Morgan fingerprint density at radius 2 is 1.94 bits per heavy atom. The van der Waals surface area contributed by atoms with Crippen LogP contribution >= 0.6 is 11.6 Å². The number of benzene rings is 2. The van der Waals surface area contributed by atoms with Crippen LogP contribution in [0.5, 0.6) is 0 Å². The number of amides is 3. The molecule has 3 amide bonds. The largest absolute Gasteiger partial charge is 0.444 e. The van der Waals surface area contributed by atoms with Crippen LogP contribution in [-0.4, -0.2) is 47.5 Å². The second-order valence-electron chi connectivity index (χ2n) is 10.1. The summed E-state index contributed by atoms with van der Waals surface area (Å²) in [4.78, 5) is 40.4. The van der Waals surface area contributed by atoms with Crippen molar-refractivity contribution in [1.29, 1.82) is 0 Å². The highest BCUT2D eigenvalue weighted by molar-refractivity contribution is 6.30. The van der Waals surface area contributed by atoms with E-state index in [2.05, 4.69) is 10.6 Å². The number of likely N-dealkylation sites (tertiary alicyclic amines) is 1. The molecule has 7 nitrogen and oxygen atoms in total. The van der Waals surface area contributed by atoms with Crippen LogP contribution in [0.15, 0.2) is 48.5 Å². The zero-order valence-electron chi connectivity index (χ0n) is 19.7. The molecule has 0 radical (unpaired) electrons. The van der Waals surface area contributed by atoms with E-state index in [4.69, 9.17) is 16.3 Å². The molecule has 0 aliphatic carbocycles. The van der Waals surface area contributed by atoms with E-state index in [1.165, 1.54) is 0 Å². The molecular weight excluding hydrogens is 454 g/mol. The van der Waals surface area contributed by atoms with Gasteiger partial charge in [0.2, 0.25) is 11.8 Å². The third-order valence-corrected chi connectivity index (χ3v) is 6.50. The van der Waals surface area contributed by atoms with Gasteiger partial charge < -0.3 is 20.3 Å². The molecule has 2 heterocycles. The molecule has 1 saturated heterocycles. The lowest BCUT2D eigenvalue weighted by Crippen LogP contribution is -2.51. The average molecular weight is 484 g/mol. The topological polar surface area (TPSA) is 87.7 Å². The van der Waals surface area contributed by atoms with Gasteiger partial charge in [-0.05, 0) is 56.5 Å². The molecule has 2 aliphatic rings. The summed E-state index contributed by atoms with van der Waals surface area (Å²) < 4.78 is 5.41. The summed E-state index contributed by atoms with van der Waals surface area (Å²) in [5.74, 6) is -0.266. The Morgan fingerprint density at radius 3 is 2.65 bits per heavy atom. The van der Waals surface area contributed by atoms with Crippen molar-refractivity contribution < 1.29 is 19.1 Å². The minimum Gasteiger partial charge on any atom is -0.444 e. The van der Waals surface area contributed by atoms with Gasteiger partial charge in [0.25, 0.3) is 0 Å². The molecule has 2 aliphatic heterocycles. The predicted octanol–water partition coefficient (Wildman–Crippen LogP) is 4.29. The van der Waals surface area contributed by atoms with Gasteiger partial charge in [-0.3, -0.25) is 9.59 Å². The van der Waals surface area contributed by atoms with Gasteiger partial charge in [-0.1, -0.05) is 41.9 Å². The van der Waals surface area contributed by atoms with Gasteiger partial charge in [-0.25, -0.2) is 4.79 Å². The molecule has 0 aromatic heterocycles. The highest BCUT2D eigenvalue weighted by Gasteiger charge is 2.47. The lowest BCUT2D eigenvalue weighted by atomic mass is 9.74. The van der Waals surface area contributed by atoms with Gasteiger partial charge >= 0.3 is 6.09 Å². The monoisotopic (exact) mass is 483 g/mol. The van der Waals surface area contributed by atoms with E-state index in [1.54, 1.807) is 31.7 Å². The molecule has 2 N–H and O–H groups in total. The molecule has 2 atom stereocenters. The minimum absolute atomic E-state index is 0.0724. The maximum atomic E-state index is 13.7. The highest BCUT2D eigenvalue weighted by Crippen LogP contribution is 2.45. The summed E-state index contributed by atoms with van der Waals surface area (Å²) in [7, 11) is 0. The Bertz CT molecular complexity index is 1100. The zero-order valence-corrected chi connectivity index (χ0v) is 20.4. The number of hydrogen-bond acceptors (Lipinski definition) is 4. The fraction of sp³-hybridized carbons (Fsp3) is 0.423. The predicted molar refractivity (Wildman–Crippen MR) is 131 cm³/mol. The second kappa shape index (κ2) is 9.29. The average Bonchev–Trinajstić information content (AvgIpc) is 3.17. The molecule has 4 rings (SSSR count). The van der Waals surface area contributed by atoms with Crippen molar-refractivity contribution in [3.05, 3.63) is 64.7 Å². The smallest absolute Gasteiger partial charge is 0.408 e. The first kappa shape index (κ1) is 24.1. The van der Waals surface area contributed by atoms with Crippen LogP contribution in [0.3, 0.4) is 0 Å². The number of ether oxygens (including phenoxy) is 1. The van der Waals surface area contributed by atoms with Gasteiger partial charge in [-0.2, -0.15) is 0 Å². The van der Waals surface area contributed by atoms with E-state index in [0.29, 0.717) is 31.0 Å².